The molecule has 0 aliphatic heterocycles. The first-order valence-corrected chi connectivity index (χ1v) is 10.8. The van der Waals surface area contributed by atoms with E-state index in [0.29, 0.717) is 25.1 Å². The number of hydrogen-bond acceptors (Lipinski definition) is 8. The van der Waals surface area contributed by atoms with Gasteiger partial charge in [-0.3, -0.25) is 19.2 Å². The van der Waals surface area contributed by atoms with Crippen LogP contribution in [0.3, 0.4) is 0 Å². The van der Waals surface area contributed by atoms with E-state index in [2.05, 4.69) is 16.0 Å². The first-order valence-electron chi connectivity index (χ1n) is 9.39. The highest BCUT2D eigenvalue weighted by Crippen LogP contribution is 2.03. The Bertz CT molecular complexity index is 605. The average molecular weight is 450 g/mol. The summed E-state index contributed by atoms with van der Waals surface area (Å²) < 4.78 is 0. The maximum Gasteiger partial charge on any atom is 0.326 e. The van der Waals surface area contributed by atoms with Crippen LogP contribution < -0.4 is 27.4 Å². The Morgan fingerprint density at radius 2 is 1.63 bits per heavy atom. The fourth-order valence-corrected chi connectivity index (χ4v) is 2.81. The number of aliphatic carboxylic acids is 2. The number of carbonyl (C=O) groups excluding carboxylic acids is 3. The third kappa shape index (κ3) is 12.2. The molecule has 30 heavy (non-hydrogen) atoms. The van der Waals surface area contributed by atoms with Gasteiger partial charge in [0, 0.05) is 0 Å². The Hall–Kier alpha value is -2.38. The van der Waals surface area contributed by atoms with Crippen molar-refractivity contribution in [3.05, 3.63) is 0 Å². The molecular weight excluding hydrogens is 418 g/mol. The quantitative estimate of drug-likeness (QED) is 0.127. The molecule has 0 aromatic heterocycles. The smallest absolute Gasteiger partial charge is 0.326 e. The molecule has 0 fully saturated rings. The molecule has 0 heterocycles. The lowest BCUT2D eigenvalue weighted by molar-refractivity contribution is -0.147. The van der Waals surface area contributed by atoms with E-state index in [0.717, 1.165) is 6.42 Å². The van der Waals surface area contributed by atoms with Crippen molar-refractivity contribution < 1.29 is 34.2 Å². The molecule has 3 amide bonds. The van der Waals surface area contributed by atoms with Crippen molar-refractivity contribution in [2.75, 3.05) is 25.1 Å². The Morgan fingerprint density at radius 1 is 0.967 bits per heavy atom. The molecule has 0 radical (unpaired) electrons. The van der Waals surface area contributed by atoms with Crippen LogP contribution >= 0.6 is 11.8 Å². The molecule has 172 valence electrons. The fourth-order valence-electron chi connectivity index (χ4n) is 2.34. The van der Waals surface area contributed by atoms with Crippen LogP contribution in [-0.2, 0) is 24.0 Å². The number of carboxylic acids is 2. The first kappa shape index (κ1) is 27.6. The van der Waals surface area contributed by atoms with Crippen LogP contribution in [0, 0.1) is 0 Å². The van der Waals surface area contributed by atoms with Crippen molar-refractivity contribution in [3.63, 3.8) is 0 Å². The Morgan fingerprint density at radius 3 is 2.17 bits per heavy atom. The molecule has 3 atom stereocenters. The normalized spacial score (nSPS) is 13.6. The monoisotopic (exact) mass is 449 g/mol. The summed E-state index contributed by atoms with van der Waals surface area (Å²) in [6, 6.07) is -3.50. The molecule has 13 heteroatoms. The van der Waals surface area contributed by atoms with E-state index in [1.807, 2.05) is 0 Å². The van der Waals surface area contributed by atoms with Gasteiger partial charge in [0.25, 0.3) is 0 Å². The number of rotatable bonds is 16. The van der Waals surface area contributed by atoms with E-state index in [1.165, 1.54) is 11.8 Å². The summed E-state index contributed by atoms with van der Waals surface area (Å²) >= 11 is 1.40. The number of nitrogens with two attached hydrogens (primary N) is 2. The van der Waals surface area contributed by atoms with Gasteiger partial charge in [-0.05, 0) is 37.8 Å². The van der Waals surface area contributed by atoms with Gasteiger partial charge in [0.2, 0.25) is 17.7 Å². The van der Waals surface area contributed by atoms with Crippen molar-refractivity contribution in [1.82, 2.24) is 16.0 Å². The molecule has 0 bridgehead atoms. The number of thioether (sulfide) groups is 1. The summed E-state index contributed by atoms with van der Waals surface area (Å²) in [5.74, 6) is -4.41. The van der Waals surface area contributed by atoms with Crippen LogP contribution in [0.2, 0.25) is 0 Å². The van der Waals surface area contributed by atoms with Crippen molar-refractivity contribution in [1.29, 1.82) is 0 Å². The lowest BCUT2D eigenvalue weighted by atomic mass is 10.1. The lowest BCUT2D eigenvalue weighted by Crippen LogP contribution is -2.54. The minimum absolute atomic E-state index is 0.185. The molecule has 0 aliphatic carbocycles. The Balaban J connectivity index is 4.77. The molecule has 0 saturated heterocycles. The number of hydrogen-bond donors (Lipinski definition) is 7. The third-order valence-corrected chi connectivity index (χ3v) is 4.63. The van der Waals surface area contributed by atoms with Crippen molar-refractivity contribution in [2.45, 2.75) is 50.2 Å². The van der Waals surface area contributed by atoms with Crippen molar-refractivity contribution in [3.8, 4) is 0 Å². The molecule has 0 spiro atoms. The minimum Gasteiger partial charge on any atom is -0.481 e. The van der Waals surface area contributed by atoms with E-state index < -0.39 is 60.8 Å². The first-order chi connectivity index (χ1) is 14.1. The molecule has 9 N–H and O–H groups in total. The van der Waals surface area contributed by atoms with Crippen LogP contribution in [-0.4, -0.2) is 83.1 Å². The topological polar surface area (TPSA) is 214 Å². The highest BCUT2D eigenvalue weighted by molar-refractivity contribution is 7.98. The maximum absolute atomic E-state index is 12.4. The second-order valence-electron chi connectivity index (χ2n) is 6.51. The number of amides is 3. The number of unbranched alkanes of at least 4 members (excludes halogenated alkanes) is 1. The predicted octanol–water partition coefficient (Wildman–Crippen LogP) is -2.16. The zero-order valence-corrected chi connectivity index (χ0v) is 17.7. The van der Waals surface area contributed by atoms with Crippen molar-refractivity contribution >= 4 is 41.4 Å². The van der Waals surface area contributed by atoms with E-state index >= 15 is 0 Å². The van der Waals surface area contributed by atoms with E-state index in [4.69, 9.17) is 21.7 Å². The standard InChI is InChI=1S/C17H31N5O7S/c1-30-7-5-11(16(27)22-12(17(28)29)8-14(24)25)21-13(23)9-20-15(26)10(19)4-2-3-6-18/h10-12H,2-9,18-19H2,1H3,(H,20,26)(H,21,23)(H,22,27)(H,24,25)(H,28,29). The molecule has 0 aromatic rings. The molecule has 0 aromatic carbocycles. The van der Waals surface area contributed by atoms with Gasteiger partial charge in [-0.15, -0.1) is 0 Å². The summed E-state index contributed by atoms with van der Waals surface area (Å²) in [6.07, 6.45) is 2.99. The van der Waals surface area contributed by atoms with Gasteiger partial charge in [-0.2, -0.15) is 11.8 Å². The number of carboxylic acid groups (broad SMARTS) is 2. The van der Waals surface area contributed by atoms with Crippen LogP contribution in [0.4, 0.5) is 0 Å². The Labute approximate surface area is 178 Å². The second kappa shape index (κ2) is 15.5. The summed E-state index contributed by atoms with van der Waals surface area (Å²) in [4.78, 5) is 58.3. The second-order valence-corrected chi connectivity index (χ2v) is 7.49. The van der Waals surface area contributed by atoms with E-state index in [-0.39, 0.29) is 6.42 Å². The Kier molecular flexibility index (Phi) is 14.2. The molecule has 3 unspecified atom stereocenters. The average Bonchev–Trinajstić information content (AvgIpc) is 2.68. The maximum atomic E-state index is 12.4. The molecule has 0 aliphatic rings. The zero-order valence-electron chi connectivity index (χ0n) is 16.9. The van der Waals surface area contributed by atoms with Crippen LogP contribution in [0.15, 0.2) is 0 Å². The number of nitrogens with one attached hydrogen (secondary N) is 3. The van der Waals surface area contributed by atoms with E-state index in [9.17, 15) is 24.0 Å². The van der Waals surface area contributed by atoms with Gasteiger partial charge < -0.3 is 37.6 Å². The van der Waals surface area contributed by atoms with Crippen LogP contribution in [0.1, 0.15) is 32.1 Å². The van der Waals surface area contributed by atoms with Gasteiger partial charge >= 0.3 is 11.9 Å². The highest BCUT2D eigenvalue weighted by atomic mass is 32.2. The lowest BCUT2D eigenvalue weighted by Gasteiger charge is -2.21. The molecular formula is C17H31N5O7S. The molecule has 0 saturated carbocycles. The molecule has 0 rings (SSSR count). The van der Waals surface area contributed by atoms with Gasteiger partial charge in [-0.25, -0.2) is 4.79 Å². The summed E-state index contributed by atoms with van der Waals surface area (Å²) in [5, 5.41) is 24.7. The SMILES string of the molecule is CSCCC(NC(=O)CNC(=O)C(N)CCCCN)C(=O)NC(CC(=O)O)C(=O)O. The van der Waals surface area contributed by atoms with Gasteiger partial charge in [0.05, 0.1) is 19.0 Å². The summed E-state index contributed by atoms with van der Waals surface area (Å²) in [7, 11) is 0. The summed E-state index contributed by atoms with van der Waals surface area (Å²) in [6.45, 7) is 0.0788. The van der Waals surface area contributed by atoms with Crippen LogP contribution in [0.25, 0.3) is 0 Å². The third-order valence-electron chi connectivity index (χ3n) is 3.98. The highest BCUT2D eigenvalue weighted by Gasteiger charge is 2.28. The van der Waals surface area contributed by atoms with Gasteiger partial charge in [0.15, 0.2) is 0 Å². The van der Waals surface area contributed by atoms with Crippen LogP contribution in [0.5, 0.6) is 0 Å². The number of carbonyl (C=O) groups is 5. The van der Waals surface area contributed by atoms with E-state index in [1.54, 1.807) is 6.26 Å². The van der Waals surface area contributed by atoms with Gasteiger partial charge in [-0.1, -0.05) is 6.42 Å². The fraction of sp³-hybridized carbons (Fsp3) is 0.706. The van der Waals surface area contributed by atoms with Gasteiger partial charge in [0.1, 0.15) is 12.1 Å². The predicted molar refractivity (Wildman–Crippen MR) is 111 cm³/mol. The zero-order chi connectivity index (χ0) is 23.1. The summed E-state index contributed by atoms with van der Waals surface area (Å²) in [5.41, 5.74) is 11.1. The minimum atomic E-state index is -1.63. The molecule has 12 nitrogen and oxygen atoms in total. The van der Waals surface area contributed by atoms with Crippen molar-refractivity contribution in [2.24, 2.45) is 11.5 Å². The largest absolute Gasteiger partial charge is 0.481 e.